The summed E-state index contributed by atoms with van der Waals surface area (Å²) in [5.74, 6) is -2.89. The van der Waals surface area contributed by atoms with Crippen LogP contribution in [0.2, 0.25) is 0 Å². The van der Waals surface area contributed by atoms with Crippen molar-refractivity contribution in [1.82, 2.24) is 24.4 Å². The van der Waals surface area contributed by atoms with Crippen molar-refractivity contribution < 1.29 is 34.4 Å². The second-order valence-electron chi connectivity index (χ2n) is 9.38. The summed E-state index contributed by atoms with van der Waals surface area (Å²) in [7, 11) is 3.74. The number of ether oxygens (including phenoxy) is 1. The molecule has 0 aliphatic rings. The molecule has 0 aliphatic carbocycles. The van der Waals surface area contributed by atoms with Crippen LogP contribution in [0.1, 0.15) is 27.9 Å². The van der Waals surface area contributed by atoms with Gasteiger partial charge in [-0.1, -0.05) is 36.4 Å². The highest BCUT2D eigenvalue weighted by Gasteiger charge is 2.22. The summed E-state index contributed by atoms with van der Waals surface area (Å²) >= 11 is 0. The quantitative estimate of drug-likeness (QED) is 0.225. The van der Waals surface area contributed by atoms with E-state index in [1.54, 1.807) is 13.1 Å². The first kappa shape index (κ1) is 27.9. The van der Waals surface area contributed by atoms with Crippen molar-refractivity contribution in [2.45, 2.75) is 6.92 Å². The summed E-state index contributed by atoms with van der Waals surface area (Å²) in [5, 5.41) is 34.4. The number of esters is 1. The lowest BCUT2D eigenvalue weighted by atomic mass is 10.1. The molecule has 0 saturated heterocycles. The lowest BCUT2D eigenvalue weighted by Crippen LogP contribution is -2.29. The van der Waals surface area contributed by atoms with E-state index in [0.717, 1.165) is 27.3 Å². The first-order valence-electron chi connectivity index (χ1n) is 12.9. The van der Waals surface area contributed by atoms with Crippen LogP contribution in [0.3, 0.4) is 0 Å². The Balaban J connectivity index is 0.000000169. The number of hydrogen-bond donors (Lipinski definition) is 4. The van der Waals surface area contributed by atoms with E-state index in [-0.39, 0.29) is 29.5 Å². The molecule has 0 aliphatic heterocycles. The van der Waals surface area contributed by atoms with Crippen LogP contribution in [-0.2, 0) is 23.6 Å². The number of carboxylic acids is 1. The number of hydrogen-bond acceptors (Lipinski definition) is 8. The maximum Gasteiger partial charge on any atom is 0.360 e. The van der Waals surface area contributed by atoms with Crippen LogP contribution in [0.15, 0.2) is 60.9 Å². The Hall–Kier alpha value is -5.65. The predicted molar refractivity (Wildman–Crippen MR) is 156 cm³/mol. The molecular weight excluding hydrogens is 542 g/mol. The summed E-state index contributed by atoms with van der Waals surface area (Å²) in [4.78, 5) is 42.3. The second kappa shape index (κ2) is 11.1. The number of carboxylic acid groups (broad SMARTS) is 1. The van der Waals surface area contributed by atoms with E-state index in [1.165, 1.54) is 6.20 Å². The number of aromatic hydroxyl groups is 2. The van der Waals surface area contributed by atoms with Gasteiger partial charge in [-0.25, -0.2) is 14.8 Å². The number of benzene rings is 2. The molecule has 42 heavy (non-hydrogen) atoms. The Morgan fingerprint density at radius 1 is 0.786 bits per heavy atom. The van der Waals surface area contributed by atoms with Crippen molar-refractivity contribution in [3.63, 3.8) is 0 Å². The zero-order valence-corrected chi connectivity index (χ0v) is 23.0. The molecule has 0 fully saturated rings. The molecule has 6 aromatic rings. The largest absolute Gasteiger partial charge is 0.505 e. The van der Waals surface area contributed by atoms with E-state index in [9.17, 15) is 24.6 Å². The molecule has 0 bridgehead atoms. The Morgan fingerprint density at radius 2 is 1.26 bits per heavy atom. The zero-order valence-electron chi connectivity index (χ0n) is 23.0. The third kappa shape index (κ3) is 4.68. The lowest BCUT2D eigenvalue weighted by molar-refractivity contribution is -0.135. The number of rotatable bonds is 5. The smallest absolute Gasteiger partial charge is 0.360 e. The first-order chi connectivity index (χ1) is 20.1. The van der Waals surface area contributed by atoms with Crippen LogP contribution < -0.4 is 5.32 Å². The molecule has 0 radical (unpaired) electrons. The van der Waals surface area contributed by atoms with Crippen LogP contribution in [0, 0.1) is 0 Å². The molecule has 0 atom stereocenters. The van der Waals surface area contributed by atoms with Gasteiger partial charge in [-0.15, -0.1) is 0 Å². The van der Waals surface area contributed by atoms with Crippen LogP contribution in [0.4, 0.5) is 0 Å². The number of amides is 1. The number of nitrogens with one attached hydrogen (secondary N) is 1. The van der Waals surface area contributed by atoms with Crippen molar-refractivity contribution >= 4 is 61.5 Å². The average Bonchev–Trinajstić information content (AvgIpc) is 3.44. The van der Waals surface area contributed by atoms with E-state index in [2.05, 4.69) is 15.3 Å². The van der Waals surface area contributed by atoms with Gasteiger partial charge < -0.3 is 34.5 Å². The lowest BCUT2D eigenvalue weighted by Gasteiger charge is -2.05. The van der Waals surface area contributed by atoms with Crippen molar-refractivity contribution in [3.8, 4) is 11.5 Å². The van der Waals surface area contributed by atoms with Crippen molar-refractivity contribution in [3.05, 3.63) is 72.3 Å². The van der Waals surface area contributed by atoms with Crippen LogP contribution in [-0.4, -0.2) is 65.4 Å². The molecule has 6 rings (SSSR count). The Labute approximate surface area is 238 Å². The van der Waals surface area contributed by atoms with E-state index in [4.69, 9.17) is 9.84 Å². The Bertz CT molecular complexity index is 2030. The van der Waals surface area contributed by atoms with Crippen molar-refractivity contribution in [1.29, 1.82) is 0 Å². The normalized spacial score (nSPS) is 11.0. The highest BCUT2D eigenvalue weighted by Crippen LogP contribution is 2.36. The molecule has 4 N–H and O–H groups in total. The van der Waals surface area contributed by atoms with E-state index in [1.807, 2.05) is 71.8 Å². The van der Waals surface area contributed by atoms with Gasteiger partial charge in [0.1, 0.15) is 6.54 Å². The van der Waals surface area contributed by atoms with Gasteiger partial charge in [-0.2, -0.15) is 0 Å². The van der Waals surface area contributed by atoms with E-state index in [0.29, 0.717) is 16.3 Å². The predicted octanol–water partition coefficient (Wildman–Crippen LogP) is 3.86. The first-order valence-corrected chi connectivity index (χ1v) is 12.9. The SMILES string of the molecule is CCOC(=O)c1ncc2c(c1O)c1ccccc1n2C.Cn1c2ccccc2c2c(O)c(C(=O)NCC(=O)O)ncc21. The minimum atomic E-state index is -1.17. The molecule has 1 amide bonds. The molecule has 214 valence electrons. The Morgan fingerprint density at radius 3 is 1.76 bits per heavy atom. The molecule has 12 nitrogen and oxygen atoms in total. The molecule has 2 aromatic carbocycles. The van der Waals surface area contributed by atoms with Gasteiger partial charge in [0.05, 0.1) is 40.8 Å². The van der Waals surface area contributed by atoms with Crippen molar-refractivity contribution in [2.24, 2.45) is 14.1 Å². The average molecular weight is 570 g/mol. The van der Waals surface area contributed by atoms with Crippen LogP contribution in [0.5, 0.6) is 11.5 Å². The molecule has 0 spiro atoms. The number of fused-ring (bicyclic) bond motifs is 6. The number of carbonyl (C=O) groups is 3. The van der Waals surface area contributed by atoms with Gasteiger partial charge in [0.15, 0.2) is 22.9 Å². The maximum absolute atomic E-state index is 12.0. The van der Waals surface area contributed by atoms with Gasteiger partial charge in [-0.05, 0) is 19.1 Å². The minimum absolute atomic E-state index is 0.0456. The maximum atomic E-state index is 12.0. The molecule has 12 heteroatoms. The summed E-state index contributed by atoms with van der Waals surface area (Å²) in [5.41, 5.74) is 3.10. The summed E-state index contributed by atoms with van der Waals surface area (Å²) < 4.78 is 8.72. The Kier molecular flexibility index (Phi) is 7.36. The van der Waals surface area contributed by atoms with Gasteiger partial charge in [0, 0.05) is 35.9 Å². The number of aliphatic carboxylic acids is 1. The van der Waals surface area contributed by atoms with Gasteiger partial charge >= 0.3 is 11.9 Å². The number of aryl methyl sites for hydroxylation is 2. The number of aromatic nitrogens is 4. The van der Waals surface area contributed by atoms with Gasteiger partial charge in [-0.3, -0.25) is 9.59 Å². The van der Waals surface area contributed by atoms with Gasteiger partial charge in [0.25, 0.3) is 5.91 Å². The standard InChI is InChI=1S/C15H13N3O4.C15H14N2O3/c1-18-9-5-3-2-4-8(9)12-10(18)6-16-13(14(12)21)15(22)17-7-11(19)20;1-3-20-15(19)13-14(18)12-9-6-4-5-7-10(9)17(2)11(12)8-16-13/h2-6,21H,7H2,1H3,(H,17,22)(H,19,20);4-8,18H,3H2,1-2H3. The third-order valence-electron chi connectivity index (χ3n) is 6.94. The summed E-state index contributed by atoms with van der Waals surface area (Å²) in [6.07, 6.45) is 3.08. The molecular formula is C30H27N5O7. The zero-order chi connectivity index (χ0) is 30.1. The molecule has 0 saturated carbocycles. The fourth-order valence-corrected chi connectivity index (χ4v) is 4.99. The van der Waals surface area contributed by atoms with Gasteiger partial charge in [0.2, 0.25) is 0 Å². The fourth-order valence-electron chi connectivity index (χ4n) is 4.99. The fraction of sp³-hybridized carbons (Fsp3) is 0.167. The number of nitrogens with zero attached hydrogens (tertiary/aromatic N) is 4. The molecule has 4 heterocycles. The minimum Gasteiger partial charge on any atom is -0.505 e. The third-order valence-corrected chi connectivity index (χ3v) is 6.94. The topological polar surface area (TPSA) is 169 Å². The number of pyridine rings is 2. The summed E-state index contributed by atoms with van der Waals surface area (Å²) in [6.45, 7) is 1.42. The second-order valence-corrected chi connectivity index (χ2v) is 9.38. The van der Waals surface area contributed by atoms with E-state index < -0.39 is 24.4 Å². The molecule has 4 aromatic heterocycles. The number of para-hydroxylation sites is 2. The van der Waals surface area contributed by atoms with Crippen molar-refractivity contribution in [2.75, 3.05) is 13.2 Å². The highest BCUT2D eigenvalue weighted by molar-refractivity contribution is 6.14. The monoisotopic (exact) mass is 569 g/mol. The summed E-state index contributed by atoms with van der Waals surface area (Å²) in [6, 6.07) is 15.2. The van der Waals surface area contributed by atoms with Crippen LogP contribution in [0.25, 0.3) is 43.6 Å². The van der Waals surface area contributed by atoms with Crippen LogP contribution >= 0.6 is 0 Å². The highest BCUT2D eigenvalue weighted by atomic mass is 16.5. The van der Waals surface area contributed by atoms with E-state index >= 15 is 0 Å². The molecule has 0 unspecified atom stereocenters. The number of carbonyl (C=O) groups excluding carboxylic acids is 2.